The molecule has 10 rings (SSSR count). The minimum atomic E-state index is 0.652. The summed E-state index contributed by atoms with van der Waals surface area (Å²) in [7, 11) is 0. The molecule has 0 radical (unpaired) electrons. The summed E-state index contributed by atoms with van der Waals surface area (Å²) in [5, 5.41) is 5.80. The zero-order chi connectivity index (χ0) is 36.9. The van der Waals surface area contributed by atoms with Gasteiger partial charge in [0.15, 0.2) is 0 Å². The number of nitrogens with zero attached hydrogens (tertiary/aromatic N) is 4. The summed E-state index contributed by atoms with van der Waals surface area (Å²) in [6, 6.07) is 58.6. The summed E-state index contributed by atoms with van der Waals surface area (Å²) >= 11 is 0. The van der Waals surface area contributed by atoms with Gasteiger partial charge in [0.2, 0.25) is 5.95 Å². The highest BCUT2D eigenvalue weighted by Crippen LogP contribution is 2.39. The number of hydrogen-bond acceptors (Lipinski definition) is 2. The first-order valence-corrected chi connectivity index (χ1v) is 18.6. The SMILES string of the molecule is C=C/C=C\C=C(/C)c1nc(-n2c3ccccc3c3cc(-c4ccc5c(c4)c4ccccc4n5-c4cccc(-c5ccccc5)c4)ccc32)nc2ccccc12. The van der Waals surface area contributed by atoms with E-state index in [9.17, 15) is 0 Å². The summed E-state index contributed by atoms with van der Waals surface area (Å²) in [5.41, 5.74) is 13.3. The van der Waals surface area contributed by atoms with Gasteiger partial charge >= 0.3 is 0 Å². The molecule has 260 valence electrons. The number of benzene rings is 7. The summed E-state index contributed by atoms with van der Waals surface area (Å²) in [5.74, 6) is 0.652. The second-order valence-corrected chi connectivity index (χ2v) is 13.9. The molecule has 3 heterocycles. The molecule has 0 aliphatic rings. The number of hydrogen-bond donors (Lipinski definition) is 0. The molecule has 0 bridgehead atoms. The van der Waals surface area contributed by atoms with Crippen LogP contribution in [-0.4, -0.2) is 19.1 Å². The molecular formula is C51H36N4. The van der Waals surface area contributed by atoms with Crippen molar-refractivity contribution in [3.63, 3.8) is 0 Å². The summed E-state index contributed by atoms with van der Waals surface area (Å²) in [4.78, 5) is 10.4. The Balaban J connectivity index is 1.13. The summed E-state index contributed by atoms with van der Waals surface area (Å²) in [6.07, 6.45) is 7.79. The Kier molecular flexibility index (Phi) is 7.81. The van der Waals surface area contributed by atoms with Crippen LogP contribution in [0, 0.1) is 0 Å². The second kappa shape index (κ2) is 13.3. The van der Waals surface area contributed by atoms with E-state index in [1.165, 1.54) is 38.5 Å². The maximum atomic E-state index is 5.24. The minimum absolute atomic E-state index is 0.652. The van der Waals surface area contributed by atoms with E-state index in [1.807, 2.05) is 24.3 Å². The van der Waals surface area contributed by atoms with Gasteiger partial charge in [-0.25, -0.2) is 9.97 Å². The Labute approximate surface area is 319 Å². The predicted molar refractivity (Wildman–Crippen MR) is 232 cm³/mol. The van der Waals surface area contributed by atoms with Gasteiger partial charge < -0.3 is 4.57 Å². The highest BCUT2D eigenvalue weighted by atomic mass is 15.2. The van der Waals surface area contributed by atoms with E-state index >= 15 is 0 Å². The van der Waals surface area contributed by atoms with Gasteiger partial charge in [0.25, 0.3) is 0 Å². The van der Waals surface area contributed by atoms with E-state index in [-0.39, 0.29) is 0 Å². The normalized spacial score (nSPS) is 12.2. The predicted octanol–water partition coefficient (Wildman–Crippen LogP) is 13.3. The first-order valence-electron chi connectivity index (χ1n) is 18.6. The largest absolute Gasteiger partial charge is 0.309 e. The molecule has 55 heavy (non-hydrogen) atoms. The van der Waals surface area contributed by atoms with Crippen molar-refractivity contribution in [2.24, 2.45) is 0 Å². The topological polar surface area (TPSA) is 35.6 Å². The lowest BCUT2D eigenvalue weighted by molar-refractivity contribution is 1.00. The highest BCUT2D eigenvalue weighted by molar-refractivity contribution is 6.12. The molecule has 0 aliphatic carbocycles. The number of allylic oxidation sites excluding steroid dienone is 5. The average molecular weight is 705 g/mol. The first-order chi connectivity index (χ1) is 27.2. The number of para-hydroxylation sites is 3. The van der Waals surface area contributed by atoms with E-state index in [0.29, 0.717) is 5.95 Å². The van der Waals surface area contributed by atoms with Gasteiger partial charge in [0.1, 0.15) is 0 Å². The third kappa shape index (κ3) is 5.46. The van der Waals surface area contributed by atoms with E-state index in [0.717, 1.165) is 55.2 Å². The quantitative estimate of drug-likeness (QED) is 0.155. The van der Waals surface area contributed by atoms with Crippen LogP contribution in [0.4, 0.5) is 0 Å². The third-order valence-corrected chi connectivity index (χ3v) is 10.6. The van der Waals surface area contributed by atoms with Gasteiger partial charge in [0.05, 0.1) is 33.3 Å². The Morgan fingerprint density at radius 3 is 1.75 bits per heavy atom. The maximum absolute atomic E-state index is 5.24. The molecule has 7 aromatic carbocycles. The molecule has 0 fully saturated rings. The molecule has 0 saturated carbocycles. The zero-order valence-corrected chi connectivity index (χ0v) is 30.4. The first kappa shape index (κ1) is 32.4. The molecule has 0 spiro atoms. The lowest BCUT2D eigenvalue weighted by atomic mass is 10.0. The lowest BCUT2D eigenvalue weighted by Gasteiger charge is -2.12. The van der Waals surface area contributed by atoms with Crippen molar-refractivity contribution in [1.82, 2.24) is 19.1 Å². The molecule has 4 heteroatoms. The number of rotatable bonds is 7. The van der Waals surface area contributed by atoms with Crippen molar-refractivity contribution in [2.75, 3.05) is 0 Å². The van der Waals surface area contributed by atoms with Crippen molar-refractivity contribution in [3.05, 3.63) is 200 Å². The van der Waals surface area contributed by atoms with Crippen LogP contribution in [0.1, 0.15) is 12.6 Å². The van der Waals surface area contributed by atoms with Gasteiger partial charge in [-0.2, -0.15) is 0 Å². The standard InChI is InChI=1S/C51H36N4/c1-3-4-6-16-34(2)50-42-23-9-12-24-45(42)52-51(53-50)55-47-26-14-11-22-41(47)44-33-38(28-30-49(44)55)37-27-29-48-43(32-37)40-21-10-13-25-46(40)54(48)39-20-15-19-36(31-39)35-17-7-5-8-18-35/h3-33H,1H2,2H3/b6-4-,34-16+. The Morgan fingerprint density at radius 1 is 0.473 bits per heavy atom. The van der Waals surface area contributed by atoms with Crippen LogP contribution >= 0.6 is 0 Å². The fourth-order valence-corrected chi connectivity index (χ4v) is 8.08. The monoisotopic (exact) mass is 704 g/mol. The van der Waals surface area contributed by atoms with Crippen LogP contribution < -0.4 is 0 Å². The molecule has 0 N–H and O–H groups in total. The van der Waals surface area contributed by atoms with Crippen molar-refractivity contribution < 1.29 is 0 Å². The average Bonchev–Trinajstić information content (AvgIpc) is 3.76. The molecule has 0 atom stereocenters. The van der Waals surface area contributed by atoms with Crippen LogP contribution in [0.2, 0.25) is 0 Å². The van der Waals surface area contributed by atoms with Gasteiger partial charge in [-0.3, -0.25) is 4.57 Å². The lowest BCUT2D eigenvalue weighted by Crippen LogP contribution is -2.04. The summed E-state index contributed by atoms with van der Waals surface area (Å²) < 4.78 is 4.60. The molecule has 0 aliphatic heterocycles. The van der Waals surface area contributed by atoms with E-state index in [2.05, 4.69) is 180 Å². The van der Waals surface area contributed by atoms with Crippen molar-refractivity contribution in [3.8, 4) is 33.9 Å². The van der Waals surface area contributed by atoms with Crippen LogP contribution in [-0.2, 0) is 0 Å². The number of aromatic nitrogens is 4. The second-order valence-electron chi connectivity index (χ2n) is 13.9. The van der Waals surface area contributed by atoms with E-state index in [4.69, 9.17) is 9.97 Å². The van der Waals surface area contributed by atoms with Gasteiger partial charge in [-0.15, -0.1) is 0 Å². The van der Waals surface area contributed by atoms with Crippen LogP contribution in [0.3, 0.4) is 0 Å². The number of fused-ring (bicyclic) bond motifs is 7. The summed E-state index contributed by atoms with van der Waals surface area (Å²) in [6.45, 7) is 5.91. The Hall–Kier alpha value is -7.30. The van der Waals surface area contributed by atoms with E-state index < -0.39 is 0 Å². The van der Waals surface area contributed by atoms with Crippen molar-refractivity contribution in [1.29, 1.82) is 0 Å². The van der Waals surface area contributed by atoms with Crippen molar-refractivity contribution in [2.45, 2.75) is 6.92 Å². The minimum Gasteiger partial charge on any atom is -0.309 e. The highest BCUT2D eigenvalue weighted by Gasteiger charge is 2.19. The molecule has 3 aromatic heterocycles. The van der Waals surface area contributed by atoms with Gasteiger partial charge in [-0.1, -0.05) is 140 Å². The Bertz CT molecular complexity index is 3180. The third-order valence-electron chi connectivity index (χ3n) is 10.6. The smallest absolute Gasteiger partial charge is 0.235 e. The Morgan fingerprint density at radius 2 is 1.04 bits per heavy atom. The van der Waals surface area contributed by atoms with Gasteiger partial charge in [-0.05, 0) is 89.3 Å². The van der Waals surface area contributed by atoms with Crippen molar-refractivity contribution >= 4 is 60.1 Å². The molecule has 0 unspecified atom stereocenters. The molecular weight excluding hydrogens is 669 g/mol. The van der Waals surface area contributed by atoms with Gasteiger partial charge in [0, 0.05) is 32.6 Å². The molecule has 4 nitrogen and oxygen atoms in total. The molecule has 0 amide bonds. The molecule has 10 aromatic rings. The van der Waals surface area contributed by atoms with Crippen LogP contribution in [0.15, 0.2) is 195 Å². The fourth-order valence-electron chi connectivity index (χ4n) is 8.08. The zero-order valence-electron chi connectivity index (χ0n) is 30.4. The fraction of sp³-hybridized carbons (Fsp3) is 0.0196. The van der Waals surface area contributed by atoms with Crippen LogP contribution in [0.25, 0.3) is 94.0 Å². The molecule has 0 saturated heterocycles. The van der Waals surface area contributed by atoms with Crippen LogP contribution in [0.5, 0.6) is 0 Å². The maximum Gasteiger partial charge on any atom is 0.235 e. The van der Waals surface area contributed by atoms with E-state index in [1.54, 1.807) is 6.08 Å².